The van der Waals surface area contributed by atoms with E-state index in [1.54, 1.807) is 18.3 Å². The van der Waals surface area contributed by atoms with E-state index in [1.807, 2.05) is 11.8 Å². The van der Waals surface area contributed by atoms with Crippen molar-refractivity contribution in [3.63, 3.8) is 0 Å². The van der Waals surface area contributed by atoms with E-state index in [2.05, 4.69) is 32.2 Å². The molecule has 7 heteroatoms. The first kappa shape index (κ1) is 16.8. The van der Waals surface area contributed by atoms with Crippen molar-refractivity contribution >= 4 is 11.7 Å². The molecule has 2 aromatic rings. The lowest BCUT2D eigenvalue weighted by molar-refractivity contribution is 0.0746. The molecule has 0 radical (unpaired) electrons. The van der Waals surface area contributed by atoms with Crippen molar-refractivity contribution < 1.29 is 9.53 Å². The Morgan fingerprint density at radius 1 is 1.12 bits per heavy atom. The van der Waals surface area contributed by atoms with Crippen LogP contribution in [0.3, 0.4) is 0 Å². The van der Waals surface area contributed by atoms with Gasteiger partial charge < -0.3 is 14.5 Å². The molecule has 26 heavy (non-hydrogen) atoms. The van der Waals surface area contributed by atoms with E-state index in [0.717, 1.165) is 24.6 Å². The van der Waals surface area contributed by atoms with Gasteiger partial charge in [-0.25, -0.2) is 4.98 Å². The molecule has 2 aliphatic rings. The predicted octanol–water partition coefficient (Wildman–Crippen LogP) is 2.11. The van der Waals surface area contributed by atoms with E-state index < -0.39 is 0 Å². The number of rotatable bonds is 5. The third-order valence-electron chi connectivity index (χ3n) is 4.83. The van der Waals surface area contributed by atoms with Gasteiger partial charge in [-0.2, -0.15) is 5.10 Å². The fourth-order valence-electron chi connectivity index (χ4n) is 3.16. The van der Waals surface area contributed by atoms with Gasteiger partial charge in [0.25, 0.3) is 5.91 Å². The molecular weight excluding hydrogens is 330 g/mol. The number of anilines is 1. The van der Waals surface area contributed by atoms with Gasteiger partial charge in [-0.05, 0) is 38.0 Å². The fourth-order valence-corrected chi connectivity index (χ4v) is 3.16. The number of amides is 1. The molecular formula is C19H23N5O2. The Morgan fingerprint density at radius 3 is 2.50 bits per heavy atom. The number of pyridine rings is 1. The normalized spacial score (nSPS) is 17.3. The standard InChI is InChI=1S/C19H23N5O2/c1-2-26-18-8-5-15(13-20-18)19(25)24-11-9-23(10-12-24)17-7-6-16(21-22-17)14-3-4-14/h5-8,13-14H,2-4,9-12H2,1H3. The molecule has 0 aromatic carbocycles. The summed E-state index contributed by atoms with van der Waals surface area (Å²) in [6.45, 7) is 5.31. The SMILES string of the molecule is CCOc1ccc(C(=O)N2CCN(c3ccc(C4CC4)nn3)CC2)cn1. The van der Waals surface area contributed by atoms with Crippen molar-refractivity contribution in [3.8, 4) is 5.88 Å². The first-order valence-corrected chi connectivity index (χ1v) is 9.21. The van der Waals surface area contributed by atoms with Crippen LogP contribution in [0.15, 0.2) is 30.5 Å². The Labute approximate surface area is 153 Å². The van der Waals surface area contributed by atoms with Crippen molar-refractivity contribution in [2.75, 3.05) is 37.7 Å². The maximum absolute atomic E-state index is 12.6. The third kappa shape index (κ3) is 3.61. The summed E-state index contributed by atoms with van der Waals surface area (Å²) >= 11 is 0. The lowest BCUT2D eigenvalue weighted by Gasteiger charge is -2.35. The Balaban J connectivity index is 1.34. The average Bonchev–Trinajstić information content (AvgIpc) is 3.54. The van der Waals surface area contributed by atoms with Crippen molar-refractivity contribution in [1.29, 1.82) is 0 Å². The summed E-state index contributed by atoms with van der Waals surface area (Å²) in [6, 6.07) is 7.65. The molecule has 1 aliphatic heterocycles. The highest BCUT2D eigenvalue weighted by Crippen LogP contribution is 2.38. The number of carbonyl (C=O) groups excluding carboxylic acids is 1. The molecule has 0 spiro atoms. The van der Waals surface area contributed by atoms with Gasteiger partial charge in [0.05, 0.1) is 17.9 Å². The van der Waals surface area contributed by atoms with Gasteiger partial charge in [0.2, 0.25) is 5.88 Å². The summed E-state index contributed by atoms with van der Waals surface area (Å²) in [5.74, 6) is 2.07. The number of aromatic nitrogens is 3. The summed E-state index contributed by atoms with van der Waals surface area (Å²) in [6.07, 6.45) is 4.05. The summed E-state index contributed by atoms with van der Waals surface area (Å²) in [4.78, 5) is 20.9. The van der Waals surface area contributed by atoms with Gasteiger partial charge in [0.1, 0.15) is 0 Å². The molecule has 2 fully saturated rings. The van der Waals surface area contributed by atoms with Crippen molar-refractivity contribution in [2.45, 2.75) is 25.7 Å². The molecule has 2 aromatic heterocycles. The highest BCUT2D eigenvalue weighted by atomic mass is 16.5. The molecule has 0 unspecified atom stereocenters. The van der Waals surface area contributed by atoms with Crippen LogP contribution in [0, 0.1) is 0 Å². The molecule has 4 rings (SSSR count). The van der Waals surface area contributed by atoms with Crippen molar-refractivity contribution in [3.05, 3.63) is 41.7 Å². The molecule has 0 atom stereocenters. The zero-order chi connectivity index (χ0) is 17.9. The molecule has 1 saturated heterocycles. The third-order valence-corrected chi connectivity index (χ3v) is 4.83. The van der Waals surface area contributed by atoms with Gasteiger partial charge in [0, 0.05) is 44.4 Å². The van der Waals surface area contributed by atoms with Crippen LogP contribution >= 0.6 is 0 Å². The van der Waals surface area contributed by atoms with E-state index in [4.69, 9.17) is 4.74 Å². The largest absolute Gasteiger partial charge is 0.478 e. The highest BCUT2D eigenvalue weighted by Gasteiger charge is 2.26. The van der Waals surface area contributed by atoms with E-state index in [9.17, 15) is 4.79 Å². The van der Waals surface area contributed by atoms with Gasteiger partial charge in [-0.1, -0.05) is 0 Å². The Hall–Kier alpha value is -2.70. The van der Waals surface area contributed by atoms with Crippen molar-refractivity contribution in [1.82, 2.24) is 20.1 Å². The summed E-state index contributed by atoms with van der Waals surface area (Å²) in [7, 11) is 0. The fraction of sp³-hybridized carbons (Fsp3) is 0.474. The first-order valence-electron chi connectivity index (χ1n) is 9.21. The Bertz CT molecular complexity index is 751. The molecule has 1 saturated carbocycles. The maximum atomic E-state index is 12.6. The van der Waals surface area contributed by atoms with E-state index in [1.165, 1.54) is 12.8 Å². The van der Waals surface area contributed by atoms with E-state index >= 15 is 0 Å². The minimum atomic E-state index is 0.00960. The number of ether oxygens (including phenoxy) is 1. The van der Waals surface area contributed by atoms with E-state index in [-0.39, 0.29) is 5.91 Å². The Kier molecular flexibility index (Phi) is 4.69. The molecule has 3 heterocycles. The van der Waals surface area contributed by atoms with Crippen LogP contribution in [0.25, 0.3) is 0 Å². The van der Waals surface area contributed by atoms with Crippen molar-refractivity contribution in [2.24, 2.45) is 0 Å². The molecule has 1 aliphatic carbocycles. The smallest absolute Gasteiger partial charge is 0.255 e. The second-order valence-corrected chi connectivity index (χ2v) is 6.69. The van der Waals surface area contributed by atoms with E-state index in [0.29, 0.717) is 37.1 Å². The van der Waals surface area contributed by atoms with Crippen LogP contribution in [0.2, 0.25) is 0 Å². The van der Waals surface area contributed by atoms with Gasteiger partial charge in [-0.3, -0.25) is 4.79 Å². The zero-order valence-corrected chi connectivity index (χ0v) is 15.0. The van der Waals surface area contributed by atoms with Gasteiger partial charge in [-0.15, -0.1) is 5.10 Å². The van der Waals surface area contributed by atoms with Crippen LogP contribution in [0.4, 0.5) is 5.82 Å². The predicted molar refractivity (Wildman–Crippen MR) is 97.5 cm³/mol. The number of hydrogen-bond acceptors (Lipinski definition) is 6. The number of nitrogens with zero attached hydrogens (tertiary/aromatic N) is 5. The summed E-state index contributed by atoms with van der Waals surface area (Å²) in [5, 5.41) is 8.72. The highest BCUT2D eigenvalue weighted by molar-refractivity contribution is 5.94. The minimum absolute atomic E-state index is 0.00960. The van der Waals surface area contributed by atoms with Crippen LogP contribution in [0.5, 0.6) is 5.88 Å². The first-order chi connectivity index (χ1) is 12.7. The lowest BCUT2D eigenvalue weighted by atomic mass is 10.2. The van der Waals surface area contributed by atoms with Gasteiger partial charge >= 0.3 is 0 Å². The van der Waals surface area contributed by atoms with Crippen LogP contribution in [0.1, 0.15) is 41.7 Å². The summed E-state index contributed by atoms with van der Waals surface area (Å²) in [5.41, 5.74) is 1.70. The van der Waals surface area contributed by atoms with Crippen LogP contribution < -0.4 is 9.64 Å². The molecule has 136 valence electrons. The topological polar surface area (TPSA) is 71.5 Å². The molecule has 0 bridgehead atoms. The monoisotopic (exact) mass is 353 g/mol. The van der Waals surface area contributed by atoms with Gasteiger partial charge in [0.15, 0.2) is 5.82 Å². The number of hydrogen-bond donors (Lipinski definition) is 0. The number of piperazine rings is 1. The Morgan fingerprint density at radius 2 is 1.92 bits per heavy atom. The molecule has 1 amide bonds. The second-order valence-electron chi connectivity index (χ2n) is 6.69. The average molecular weight is 353 g/mol. The minimum Gasteiger partial charge on any atom is -0.478 e. The molecule has 0 N–H and O–H groups in total. The van der Waals surface area contributed by atoms with Crippen LogP contribution in [-0.4, -0.2) is 58.8 Å². The molecule has 7 nitrogen and oxygen atoms in total. The second kappa shape index (κ2) is 7.27. The van der Waals surface area contributed by atoms with Crippen LogP contribution in [-0.2, 0) is 0 Å². The lowest BCUT2D eigenvalue weighted by Crippen LogP contribution is -2.49. The summed E-state index contributed by atoms with van der Waals surface area (Å²) < 4.78 is 5.32. The maximum Gasteiger partial charge on any atom is 0.255 e. The zero-order valence-electron chi connectivity index (χ0n) is 15.0. The number of carbonyl (C=O) groups is 1. The quantitative estimate of drug-likeness (QED) is 0.820.